The Morgan fingerprint density at radius 3 is 1.86 bits per heavy atom. The van der Waals surface area contributed by atoms with E-state index in [0.717, 1.165) is 63.2 Å². The van der Waals surface area contributed by atoms with Crippen molar-refractivity contribution in [2.75, 3.05) is 4.81 Å². The van der Waals surface area contributed by atoms with Gasteiger partial charge in [-0.2, -0.15) is 0 Å². The fourth-order valence-electron chi connectivity index (χ4n) is 15.2. The maximum absolute atomic E-state index is 7.29. The average molecular weight is 1040 g/mol. The second kappa shape index (κ2) is 15.6. The van der Waals surface area contributed by atoms with E-state index >= 15 is 0 Å². The van der Waals surface area contributed by atoms with Crippen LogP contribution in [-0.2, 0) is 27.1 Å². The minimum atomic E-state index is -0.323. The number of para-hydroxylation sites is 1. The third kappa shape index (κ3) is 6.34. The molecule has 6 heteroatoms. The van der Waals surface area contributed by atoms with E-state index in [-0.39, 0.29) is 33.9 Å². The van der Waals surface area contributed by atoms with Crippen molar-refractivity contribution in [2.24, 2.45) is 0 Å². The molecule has 5 nitrogen and oxygen atoms in total. The molecule has 0 bridgehead atoms. The third-order valence-corrected chi connectivity index (χ3v) is 19.6. The van der Waals surface area contributed by atoms with E-state index in [0.29, 0.717) is 0 Å². The standard InChI is InChI=1S/C74H67BN4O/c1-70(2,3)43-27-30-46(31-28-43)79-58-37-49-48-36-53-54(73(9,10)34-33-72(53,7)8)39-62(48)80-61(49)38-51(58)64-63-47-25-19-20-26-52(47)74(11,12)66(63)65-50-35-44(71(4,5)6)29-32-57(50)78-59-41-60-56(40-55(59)75(79)67(64)68(65)78)76-69(42-21-15-13-16-22-42)77(60)45-23-17-14-18-24-45/h13-32,35-41H,33-34H2,1-12H3. The van der Waals surface area contributed by atoms with Crippen molar-refractivity contribution in [2.45, 2.75) is 123 Å². The zero-order chi connectivity index (χ0) is 54.9. The van der Waals surface area contributed by atoms with Crippen LogP contribution >= 0.6 is 0 Å². The third-order valence-electron chi connectivity index (χ3n) is 19.6. The van der Waals surface area contributed by atoms with Crippen LogP contribution in [0.2, 0.25) is 0 Å². The Morgan fingerprint density at radius 1 is 0.512 bits per heavy atom. The van der Waals surface area contributed by atoms with E-state index in [4.69, 9.17) is 9.40 Å². The summed E-state index contributed by atoms with van der Waals surface area (Å²) in [5.41, 5.74) is 27.8. The molecule has 9 aromatic carbocycles. The van der Waals surface area contributed by atoms with Gasteiger partial charge in [-0.1, -0.05) is 174 Å². The van der Waals surface area contributed by atoms with E-state index in [1.165, 1.54) is 105 Å². The molecule has 2 aliphatic carbocycles. The Bertz CT molecular complexity index is 4680. The van der Waals surface area contributed by atoms with E-state index in [1.807, 2.05) is 0 Å². The number of anilines is 2. The molecule has 5 heterocycles. The highest BCUT2D eigenvalue weighted by atomic mass is 16.3. The number of furan rings is 1. The smallest absolute Gasteiger partial charge is 0.333 e. The summed E-state index contributed by atoms with van der Waals surface area (Å²) in [5, 5.41) is 5.00. The van der Waals surface area contributed by atoms with Crippen LogP contribution in [0.1, 0.15) is 129 Å². The molecule has 16 rings (SSSR count). The number of fused-ring (bicyclic) bond motifs is 18. The molecule has 12 aromatic rings. The van der Waals surface area contributed by atoms with Crippen LogP contribution in [0.5, 0.6) is 0 Å². The molecular formula is C74H67BN4O. The maximum atomic E-state index is 7.29. The lowest BCUT2D eigenvalue weighted by atomic mass is 9.43. The van der Waals surface area contributed by atoms with Gasteiger partial charge in [-0.05, 0) is 168 Å². The van der Waals surface area contributed by atoms with Crippen molar-refractivity contribution in [1.29, 1.82) is 0 Å². The first kappa shape index (κ1) is 47.9. The van der Waals surface area contributed by atoms with E-state index in [9.17, 15) is 0 Å². The molecule has 0 N–H and O–H groups in total. The van der Waals surface area contributed by atoms with Gasteiger partial charge in [-0.15, -0.1) is 0 Å². The molecule has 80 heavy (non-hydrogen) atoms. The lowest BCUT2D eigenvalue weighted by Crippen LogP contribution is -2.60. The molecule has 0 spiro atoms. The van der Waals surface area contributed by atoms with Crippen LogP contribution < -0.4 is 15.7 Å². The van der Waals surface area contributed by atoms with E-state index < -0.39 is 0 Å². The summed E-state index contributed by atoms with van der Waals surface area (Å²) in [7, 11) is 0. The maximum Gasteiger partial charge on any atom is 0.333 e. The summed E-state index contributed by atoms with van der Waals surface area (Å²) < 4.78 is 12.3. The van der Waals surface area contributed by atoms with Crippen molar-refractivity contribution in [1.82, 2.24) is 14.1 Å². The topological polar surface area (TPSA) is 39.1 Å². The van der Waals surface area contributed by atoms with Crippen LogP contribution in [0.25, 0.3) is 99.8 Å². The number of aromatic nitrogens is 3. The van der Waals surface area contributed by atoms with Crippen LogP contribution in [0, 0.1) is 0 Å². The molecule has 2 aliphatic heterocycles. The van der Waals surface area contributed by atoms with Gasteiger partial charge in [0, 0.05) is 60.8 Å². The zero-order valence-corrected chi connectivity index (χ0v) is 48.3. The largest absolute Gasteiger partial charge is 0.456 e. The van der Waals surface area contributed by atoms with Crippen LogP contribution in [0.3, 0.4) is 0 Å². The summed E-state index contributed by atoms with van der Waals surface area (Å²) in [6.45, 7) is 28.4. The monoisotopic (exact) mass is 1040 g/mol. The second-order valence-corrected chi connectivity index (χ2v) is 27.8. The highest BCUT2D eigenvalue weighted by Crippen LogP contribution is 2.60. The SMILES string of the molecule is CC(C)(C)c1ccc(N2B3c4cc5nc(-c6ccccc6)n(-c6ccccc6)c5cc4-n4c5ccc(C(C)(C)C)cc5c5c6c(c(c3c54)-c3cc4oc5cc7c(cc5c4cc32)C(C)(C)CCC7(C)C)-c2ccccc2C6(C)C)cc1. The van der Waals surface area contributed by atoms with Gasteiger partial charge in [0.25, 0.3) is 0 Å². The number of nitrogens with zero attached hydrogens (tertiary/aromatic N) is 4. The molecule has 0 atom stereocenters. The van der Waals surface area contributed by atoms with Crippen LogP contribution in [0.4, 0.5) is 11.4 Å². The molecule has 0 amide bonds. The van der Waals surface area contributed by atoms with E-state index in [1.54, 1.807) is 0 Å². The molecule has 392 valence electrons. The van der Waals surface area contributed by atoms with Gasteiger partial charge >= 0.3 is 6.85 Å². The quantitative estimate of drug-likeness (QED) is 0.166. The summed E-state index contributed by atoms with van der Waals surface area (Å²) in [6.07, 6.45) is 2.29. The molecule has 4 aliphatic rings. The Kier molecular flexibility index (Phi) is 9.35. The average Bonchev–Trinajstić information content (AvgIpc) is 4.11. The fourth-order valence-corrected chi connectivity index (χ4v) is 15.2. The summed E-state index contributed by atoms with van der Waals surface area (Å²) in [4.78, 5) is 8.42. The normalized spacial score (nSPS) is 16.4. The van der Waals surface area contributed by atoms with Gasteiger partial charge in [-0.3, -0.25) is 4.57 Å². The number of benzene rings is 9. The number of rotatable bonds is 3. The van der Waals surface area contributed by atoms with Gasteiger partial charge in [-0.25, -0.2) is 4.98 Å². The first-order valence-electron chi connectivity index (χ1n) is 29.1. The molecule has 0 saturated carbocycles. The van der Waals surface area contributed by atoms with Gasteiger partial charge in [0.15, 0.2) is 0 Å². The van der Waals surface area contributed by atoms with Crippen molar-refractivity contribution < 1.29 is 4.42 Å². The number of imidazole rings is 1. The Balaban J connectivity index is 1.12. The predicted molar refractivity (Wildman–Crippen MR) is 337 cm³/mol. The zero-order valence-electron chi connectivity index (χ0n) is 48.3. The Labute approximate surface area is 470 Å². The Morgan fingerprint density at radius 2 is 1.15 bits per heavy atom. The van der Waals surface area contributed by atoms with Crippen molar-refractivity contribution >= 4 is 83.9 Å². The summed E-state index contributed by atoms with van der Waals surface area (Å²) >= 11 is 0. The van der Waals surface area contributed by atoms with Gasteiger partial charge in [0.1, 0.15) is 17.0 Å². The molecule has 0 radical (unpaired) electrons. The van der Waals surface area contributed by atoms with Crippen molar-refractivity contribution in [3.63, 3.8) is 0 Å². The lowest BCUT2D eigenvalue weighted by Gasteiger charge is -2.43. The van der Waals surface area contributed by atoms with Crippen molar-refractivity contribution in [3.8, 4) is 45.0 Å². The molecular weight excluding hydrogens is 972 g/mol. The second-order valence-electron chi connectivity index (χ2n) is 27.8. The molecule has 0 fully saturated rings. The first-order valence-corrected chi connectivity index (χ1v) is 29.1. The fraction of sp³-hybridized carbons (Fsp3) is 0.257. The summed E-state index contributed by atoms with van der Waals surface area (Å²) in [6, 6.07) is 62.6. The van der Waals surface area contributed by atoms with Crippen LogP contribution in [-0.4, -0.2) is 21.0 Å². The number of hydrogen-bond acceptors (Lipinski definition) is 3. The van der Waals surface area contributed by atoms with Crippen LogP contribution in [0.15, 0.2) is 168 Å². The Hall–Kier alpha value is -8.09. The predicted octanol–water partition coefficient (Wildman–Crippen LogP) is 18.2. The molecule has 0 saturated heterocycles. The molecule has 0 unspecified atom stereocenters. The lowest BCUT2D eigenvalue weighted by molar-refractivity contribution is 0.332. The van der Waals surface area contributed by atoms with Gasteiger partial charge < -0.3 is 13.8 Å². The van der Waals surface area contributed by atoms with Gasteiger partial charge in [0.05, 0.1) is 22.1 Å². The number of hydrogen-bond donors (Lipinski definition) is 0. The van der Waals surface area contributed by atoms with Gasteiger partial charge in [0.2, 0.25) is 0 Å². The van der Waals surface area contributed by atoms with Crippen molar-refractivity contribution in [3.05, 3.63) is 197 Å². The summed E-state index contributed by atoms with van der Waals surface area (Å²) in [5.74, 6) is 0.925. The van der Waals surface area contributed by atoms with E-state index in [2.05, 4.69) is 261 Å². The minimum Gasteiger partial charge on any atom is -0.456 e. The first-order chi connectivity index (χ1) is 38.2. The molecule has 3 aromatic heterocycles. The highest BCUT2D eigenvalue weighted by Gasteiger charge is 2.50. The highest BCUT2D eigenvalue weighted by molar-refractivity contribution is 6.94. The minimum absolute atomic E-state index is 0.0227.